The van der Waals surface area contributed by atoms with Gasteiger partial charge in [0.2, 0.25) is 5.91 Å². The van der Waals surface area contributed by atoms with Gasteiger partial charge >= 0.3 is 0 Å². The van der Waals surface area contributed by atoms with Gasteiger partial charge in [0.05, 0.1) is 22.8 Å². The number of carbonyl (C=O) groups excluding carboxylic acids is 1. The van der Waals surface area contributed by atoms with E-state index < -0.39 is 0 Å². The molecule has 31 heavy (non-hydrogen) atoms. The van der Waals surface area contributed by atoms with Gasteiger partial charge in [0.15, 0.2) is 0 Å². The maximum absolute atomic E-state index is 12.8. The number of rotatable bonds is 5. The number of carbonyl (C=O) groups is 1. The molecule has 2 aromatic heterocycles. The third-order valence-corrected chi connectivity index (χ3v) is 6.70. The summed E-state index contributed by atoms with van der Waals surface area (Å²) in [5.41, 5.74) is 5.79. The minimum Gasteiger partial charge on any atom is -0.326 e. The van der Waals surface area contributed by atoms with Gasteiger partial charge in [-0.3, -0.25) is 19.7 Å². The number of benzene rings is 1. The molecule has 3 aromatic rings. The van der Waals surface area contributed by atoms with E-state index in [2.05, 4.69) is 25.4 Å². The van der Waals surface area contributed by atoms with Crippen LogP contribution in [0.25, 0.3) is 10.6 Å². The summed E-state index contributed by atoms with van der Waals surface area (Å²) in [5.74, 6) is 0.114. The van der Waals surface area contributed by atoms with Gasteiger partial charge in [0.25, 0.3) is 0 Å². The Labute approximate surface area is 187 Å². The minimum atomic E-state index is 0.0237. The largest absolute Gasteiger partial charge is 0.326 e. The van der Waals surface area contributed by atoms with Crippen molar-refractivity contribution in [1.82, 2.24) is 25.1 Å². The number of anilines is 1. The van der Waals surface area contributed by atoms with Gasteiger partial charge in [-0.15, -0.1) is 10.2 Å². The van der Waals surface area contributed by atoms with Crippen molar-refractivity contribution in [2.75, 3.05) is 18.4 Å². The van der Waals surface area contributed by atoms with Gasteiger partial charge in [0.1, 0.15) is 10.0 Å². The highest BCUT2D eigenvalue weighted by atomic mass is 32.1. The first-order valence-corrected chi connectivity index (χ1v) is 11.4. The van der Waals surface area contributed by atoms with Crippen LogP contribution in [0.2, 0.25) is 0 Å². The quantitative estimate of drug-likeness (QED) is 0.649. The zero-order valence-electron chi connectivity index (χ0n) is 18.5. The number of hydrogen-bond donors (Lipinski definition) is 1. The molecule has 1 aliphatic heterocycles. The summed E-state index contributed by atoms with van der Waals surface area (Å²) in [4.78, 5) is 24.5. The van der Waals surface area contributed by atoms with Gasteiger partial charge < -0.3 is 5.32 Å². The molecule has 0 atom stereocenters. The van der Waals surface area contributed by atoms with Crippen molar-refractivity contribution >= 4 is 22.9 Å². The van der Waals surface area contributed by atoms with Gasteiger partial charge in [-0.2, -0.15) is 0 Å². The fourth-order valence-electron chi connectivity index (χ4n) is 3.86. The second-order valence-corrected chi connectivity index (χ2v) is 9.35. The Hall–Kier alpha value is -2.71. The molecule has 0 radical (unpaired) electrons. The zero-order chi connectivity index (χ0) is 22.0. The Kier molecular flexibility index (Phi) is 6.38. The Bertz CT molecular complexity index is 1090. The third-order valence-electron chi connectivity index (χ3n) is 5.81. The highest BCUT2D eigenvalue weighted by molar-refractivity contribution is 7.14. The molecule has 1 saturated heterocycles. The monoisotopic (exact) mass is 436 g/mol. The highest BCUT2D eigenvalue weighted by Gasteiger charge is 2.26. The van der Waals surface area contributed by atoms with E-state index in [1.165, 1.54) is 0 Å². The maximum Gasteiger partial charge on any atom is 0.227 e. The molecule has 162 valence electrons. The van der Waals surface area contributed by atoms with E-state index >= 15 is 0 Å². The normalized spacial score (nSPS) is 15.2. The average molecular weight is 437 g/mol. The van der Waals surface area contributed by atoms with Crippen molar-refractivity contribution in [1.29, 1.82) is 0 Å². The van der Waals surface area contributed by atoms with Crippen LogP contribution < -0.4 is 5.32 Å². The first-order valence-electron chi connectivity index (χ1n) is 10.6. The zero-order valence-corrected chi connectivity index (χ0v) is 19.3. The van der Waals surface area contributed by atoms with Gasteiger partial charge in [-0.1, -0.05) is 23.5 Å². The number of hydrogen-bond acceptors (Lipinski definition) is 7. The van der Waals surface area contributed by atoms with E-state index in [4.69, 9.17) is 4.98 Å². The molecule has 0 spiro atoms. The summed E-state index contributed by atoms with van der Waals surface area (Å²) in [7, 11) is 0. The van der Waals surface area contributed by atoms with E-state index in [9.17, 15) is 4.79 Å². The fourth-order valence-corrected chi connectivity index (χ4v) is 4.55. The molecule has 8 heteroatoms. The third kappa shape index (κ3) is 5.14. The lowest BCUT2D eigenvalue weighted by Gasteiger charge is -2.31. The van der Waals surface area contributed by atoms with E-state index in [-0.39, 0.29) is 11.8 Å². The number of aryl methyl sites for hydroxylation is 4. The standard InChI is InChI=1S/C23H28N6OS/c1-14-15(2)25-21(16(3)24-14)13-29-10-8-18(9-11-29)22(30)26-20-7-5-6-19(12-20)23-28-27-17(4)31-23/h5-7,12,18H,8-11,13H2,1-4H3,(H,26,30). The molecule has 3 heterocycles. The lowest BCUT2D eigenvalue weighted by molar-refractivity contribution is -0.121. The number of piperidine rings is 1. The molecule has 0 bridgehead atoms. The average Bonchev–Trinajstić information content (AvgIpc) is 3.19. The van der Waals surface area contributed by atoms with Crippen LogP contribution in [0.1, 0.15) is 40.6 Å². The number of nitrogens with zero attached hydrogens (tertiary/aromatic N) is 5. The lowest BCUT2D eigenvalue weighted by atomic mass is 9.95. The molecular weight excluding hydrogens is 408 g/mol. The molecule has 0 unspecified atom stereocenters. The molecule has 1 aromatic carbocycles. The van der Waals surface area contributed by atoms with Crippen molar-refractivity contribution in [3.63, 3.8) is 0 Å². The van der Waals surface area contributed by atoms with Crippen LogP contribution in [-0.2, 0) is 11.3 Å². The van der Waals surface area contributed by atoms with Crippen LogP contribution in [-0.4, -0.2) is 44.1 Å². The maximum atomic E-state index is 12.8. The lowest BCUT2D eigenvalue weighted by Crippen LogP contribution is -2.38. The second kappa shape index (κ2) is 9.20. The van der Waals surface area contributed by atoms with Crippen molar-refractivity contribution in [2.45, 2.75) is 47.1 Å². The molecule has 0 saturated carbocycles. The molecule has 0 aliphatic carbocycles. The number of amides is 1. The van der Waals surface area contributed by atoms with Crippen molar-refractivity contribution in [3.8, 4) is 10.6 Å². The molecule has 1 amide bonds. The number of nitrogens with one attached hydrogen (secondary N) is 1. The van der Waals surface area contributed by atoms with Crippen molar-refractivity contribution < 1.29 is 4.79 Å². The Morgan fingerprint density at radius 1 is 1.06 bits per heavy atom. The predicted octanol–water partition coefficient (Wildman–Crippen LogP) is 4.08. The van der Waals surface area contributed by atoms with Crippen LogP contribution in [0.3, 0.4) is 0 Å². The predicted molar refractivity (Wildman–Crippen MR) is 123 cm³/mol. The molecule has 1 N–H and O–H groups in total. The smallest absolute Gasteiger partial charge is 0.227 e. The summed E-state index contributed by atoms with van der Waals surface area (Å²) >= 11 is 1.55. The first kappa shape index (κ1) is 21.5. The summed E-state index contributed by atoms with van der Waals surface area (Å²) < 4.78 is 0. The van der Waals surface area contributed by atoms with Crippen molar-refractivity contribution in [3.05, 3.63) is 52.0 Å². The molecular formula is C23H28N6OS. The summed E-state index contributed by atoms with van der Waals surface area (Å²) in [6.07, 6.45) is 1.69. The topological polar surface area (TPSA) is 83.9 Å². The Morgan fingerprint density at radius 2 is 1.81 bits per heavy atom. The van der Waals surface area contributed by atoms with Crippen LogP contribution in [0.5, 0.6) is 0 Å². The molecule has 4 rings (SSSR count). The van der Waals surface area contributed by atoms with Crippen molar-refractivity contribution in [2.24, 2.45) is 5.92 Å². The SMILES string of the molecule is Cc1nnc(-c2cccc(NC(=O)C3CCN(Cc4nc(C)c(C)nc4C)CC3)c2)s1. The number of aromatic nitrogens is 4. The van der Waals surface area contributed by atoms with E-state index in [1.807, 2.05) is 52.0 Å². The summed E-state index contributed by atoms with van der Waals surface area (Å²) in [6, 6.07) is 7.82. The first-order chi connectivity index (χ1) is 14.9. The number of likely N-dealkylation sites (tertiary alicyclic amines) is 1. The Morgan fingerprint density at radius 3 is 2.52 bits per heavy atom. The van der Waals surface area contributed by atoms with Crippen LogP contribution in [0.15, 0.2) is 24.3 Å². The van der Waals surface area contributed by atoms with Crippen LogP contribution in [0.4, 0.5) is 5.69 Å². The van der Waals surface area contributed by atoms with Crippen LogP contribution >= 0.6 is 11.3 Å². The van der Waals surface area contributed by atoms with Gasteiger partial charge in [0, 0.05) is 23.7 Å². The summed E-state index contributed by atoms with van der Waals surface area (Å²) in [5, 5.41) is 13.2. The van der Waals surface area contributed by atoms with Crippen LogP contribution in [0, 0.1) is 33.6 Å². The second-order valence-electron chi connectivity index (χ2n) is 8.17. The van der Waals surface area contributed by atoms with E-state index in [0.29, 0.717) is 0 Å². The molecule has 1 fully saturated rings. The van der Waals surface area contributed by atoms with E-state index in [0.717, 1.165) is 76.5 Å². The van der Waals surface area contributed by atoms with Gasteiger partial charge in [-0.25, -0.2) is 0 Å². The molecule has 1 aliphatic rings. The van der Waals surface area contributed by atoms with E-state index in [1.54, 1.807) is 11.3 Å². The Balaban J connectivity index is 1.33. The highest BCUT2D eigenvalue weighted by Crippen LogP contribution is 2.27. The summed E-state index contributed by atoms with van der Waals surface area (Å²) in [6.45, 7) is 10.5. The minimum absolute atomic E-state index is 0.0237. The molecule has 7 nitrogen and oxygen atoms in total. The fraction of sp³-hybridized carbons (Fsp3) is 0.435. The van der Waals surface area contributed by atoms with Gasteiger partial charge in [-0.05, 0) is 65.8 Å².